The van der Waals surface area contributed by atoms with Crippen molar-refractivity contribution in [1.82, 2.24) is 5.32 Å². The Balaban J connectivity index is 2.24. The van der Waals surface area contributed by atoms with E-state index < -0.39 is 11.9 Å². The summed E-state index contributed by atoms with van der Waals surface area (Å²) in [5.74, 6) is -1.04. The number of nitrogens with zero attached hydrogens (tertiary/aromatic N) is 1. The maximum Gasteiger partial charge on any atom is 0.354 e. The summed E-state index contributed by atoms with van der Waals surface area (Å²) < 4.78 is 4.75. The second-order valence-electron chi connectivity index (χ2n) is 5.50. The predicted molar refractivity (Wildman–Crippen MR) is 99.7 cm³/mol. The summed E-state index contributed by atoms with van der Waals surface area (Å²) in [7, 11) is 5.15. The van der Waals surface area contributed by atoms with Crippen molar-refractivity contribution < 1.29 is 14.3 Å². The normalized spacial score (nSPS) is 11.0. The molecule has 0 aliphatic heterocycles. The van der Waals surface area contributed by atoms with Crippen molar-refractivity contribution in [2.24, 2.45) is 0 Å². The molecule has 0 unspecified atom stereocenters. The number of methoxy groups -OCH3 is 1. The van der Waals surface area contributed by atoms with E-state index in [0.717, 1.165) is 11.3 Å². The quantitative estimate of drug-likeness (QED) is 0.657. The van der Waals surface area contributed by atoms with Crippen molar-refractivity contribution in [1.29, 1.82) is 0 Å². The molecule has 0 fully saturated rings. The van der Waals surface area contributed by atoms with E-state index in [1.807, 2.05) is 43.3 Å². The van der Waals surface area contributed by atoms with E-state index >= 15 is 0 Å². The Labute approximate surface area is 151 Å². The first-order valence-electron chi connectivity index (χ1n) is 7.55. The molecule has 1 amide bonds. The van der Waals surface area contributed by atoms with Gasteiger partial charge in [0.2, 0.25) is 0 Å². The minimum absolute atomic E-state index is 0.0556. The number of rotatable bonds is 5. The average Bonchev–Trinajstić information content (AvgIpc) is 2.61. The van der Waals surface area contributed by atoms with E-state index in [0.29, 0.717) is 10.6 Å². The van der Waals surface area contributed by atoms with Crippen molar-refractivity contribution in [2.45, 2.75) is 0 Å². The van der Waals surface area contributed by atoms with Crippen LogP contribution >= 0.6 is 11.6 Å². The summed E-state index contributed by atoms with van der Waals surface area (Å²) in [6.07, 6.45) is 1.57. The van der Waals surface area contributed by atoms with Crippen molar-refractivity contribution in [3.05, 3.63) is 70.4 Å². The minimum atomic E-state index is -0.626. The lowest BCUT2D eigenvalue weighted by molar-refractivity contribution is -0.136. The van der Waals surface area contributed by atoms with Gasteiger partial charge in [-0.15, -0.1) is 0 Å². The summed E-state index contributed by atoms with van der Waals surface area (Å²) in [5, 5.41) is 3.11. The number of nitrogens with one attached hydrogen (secondary N) is 1. The minimum Gasteiger partial charge on any atom is -0.464 e. The molecular weight excluding hydrogens is 340 g/mol. The van der Waals surface area contributed by atoms with Gasteiger partial charge in [0.05, 0.1) is 7.11 Å². The van der Waals surface area contributed by atoms with Crippen LogP contribution in [0.5, 0.6) is 0 Å². The second-order valence-corrected chi connectivity index (χ2v) is 5.93. The Morgan fingerprint density at radius 1 is 1.04 bits per heavy atom. The third-order valence-electron chi connectivity index (χ3n) is 3.48. The van der Waals surface area contributed by atoms with Crippen LogP contribution in [0.2, 0.25) is 5.02 Å². The average molecular weight is 359 g/mol. The zero-order valence-corrected chi connectivity index (χ0v) is 15.0. The zero-order chi connectivity index (χ0) is 18.4. The fourth-order valence-corrected chi connectivity index (χ4v) is 2.21. The van der Waals surface area contributed by atoms with Gasteiger partial charge in [-0.25, -0.2) is 4.79 Å². The molecular formula is C19H19ClN2O3. The first kappa shape index (κ1) is 18.5. The van der Waals surface area contributed by atoms with Crippen LogP contribution in [0.1, 0.15) is 15.9 Å². The predicted octanol–water partition coefficient (Wildman–Crippen LogP) is 3.35. The second kappa shape index (κ2) is 8.35. The molecule has 0 saturated carbocycles. The molecule has 5 nitrogen and oxygen atoms in total. The molecule has 0 saturated heterocycles. The Hall–Kier alpha value is -2.79. The number of benzene rings is 2. The molecule has 25 heavy (non-hydrogen) atoms. The fraction of sp³-hybridized carbons (Fsp3) is 0.158. The van der Waals surface area contributed by atoms with E-state index in [1.165, 1.54) is 7.11 Å². The molecule has 0 aromatic heterocycles. The number of hydrogen-bond acceptors (Lipinski definition) is 4. The molecule has 0 radical (unpaired) electrons. The number of halogens is 1. The Morgan fingerprint density at radius 3 is 2.16 bits per heavy atom. The van der Waals surface area contributed by atoms with Gasteiger partial charge in [-0.3, -0.25) is 4.79 Å². The summed E-state index contributed by atoms with van der Waals surface area (Å²) in [6, 6.07) is 13.9. The summed E-state index contributed by atoms with van der Waals surface area (Å²) in [5.41, 5.74) is 2.24. The van der Waals surface area contributed by atoms with Crippen molar-refractivity contribution in [2.75, 3.05) is 26.1 Å². The van der Waals surface area contributed by atoms with Crippen LogP contribution in [-0.4, -0.2) is 33.1 Å². The number of amides is 1. The molecule has 2 rings (SSSR count). The SMILES string of the molecule is COC(=O)/C(=C\c1ccc(N(C)C)cc1)NC(=O)c1ccc(Cl)cc1. The van der Waals surface area contributed by atoms with Gasteiger partial charge in [-0.1, -0.05) is 23.7 Å². The first-order valence-corrected chi connectivity index (χ1v) is 7.93. The zero-order valence-electron chi connectivity index (χ0n) is 14.2. The number of carbonyl (C=O) groups excluding carboxylic acids is 2. The van der Waals surface area contributed by atoms with Gasteiger partial charge in [-0.05, 0) is 48.0 Å². The molecule has 0 heterocycles. The molecule has 1 N–H and O–H groups in total. The first-order chi connectivity index (χ1) is 11.9. The van der Waals surface area contributed by atoms with Gasteiger partial charge in [0.25, 0.3) is 5.91 Å². The Kier molecular flexibility index (Phi) is 6.19. The monoisotopic (exact) mass is 358 g/mol. The largest absolute Gasteiger partial charge is 0.464 e. The fourth-order valence-electron chi connectivity index (χ4n) is 2.09. The van der Waals surface area contributed by atoms with Crippen LogP contribution in [0, 0.1) is 0 Å². The molecule has 0 bridgehead atoms. The molecule has 0 spiro atoms. The molecule has 0 aliphatic rings. The highest BCUT2D eigenvalue weighted by Crippen LogP contribution is 2.15. The van der Waals surface area contributed by atoms with Gasteiger partial charge in [-0.2, -0.15) is 0 Å². The van der Waals surface area contributed by atoms with Crippen molar-refractivity contribution in [3.8, 4) is 0 Å². The maximum absolute atomic E-state index is 12.3. The lowest BCUT2D eigenvalue weighted by Crippen LogP contribution is -2.28. The topological polar surface area (TPSA) is 58.6 Å². The van der Waals surface area contributed by atoms with E-state index in [4.69, 9.17) is 16.3 Å². The summed E-state index contributed by atoms with van der Waals surface area (Å²) >= 11 is 5.82. The lowest BCUT2D eigenvalue weighted by atomic mass is 10.1. The number of anilines is 1. The van der Waals surface area contributed by atoms with E-state index in [9.17, 15) is 9.59 Å². The Bertz CT molecular complexity index is 781. The highest BCUT2D eigenvalue weighted by atomic mass is 35.5. The van der Waals surface area contributed by atoms with Crippen LogP contribution in [0.3, 0.4) is 0 Å². The Morgan fingerprint density at radius 2 is 1.64 bits per heavy atom. The van der Waals surface area contributed by atoms with Gasteiger partial charge >= 0.3 is 5.97 Å². The summed E-state index contributed by atoms with van der Waals surface area (Å²) in [4.78, 5) is 26.3. The molecule has 2 aromatic carbocycles. The third-order valence-corrected chi connectivity index (χ3v) is 3.73. The number of esters is 1. The van der Waals surface area contributed by atoms with E-state index in [-0.39, 0.29) is 5.70 Å². The molecule has 0 atom stereocenters. The summed E-state index contributed by atoms with van der Waals surface area (Å²) in [6.45, 7) is 0. The van der Waals surface area contributed by atoms with Crippen LogP contribution in [-0.2, 0) is 9.53 Å². The van der Waals surface area contributed by atoms with E-state index in [1.54, 1.807) is 30.3 Å². The third kappa shape index (κ3) is 5.09. The molecule has 0 aliphatic carbocycles. The van der Waals surface area contributed by atoms with Gasteiger partial charge in [0.1, 0.15) is 5.70 Å². The van der Waals surface area contributed by atoms with Crippen LogP contribution < -0.4 is 10.2 Å². The molecule has 130 valence electrons. The highest BCUT2D eigenvalue weighted by Gasteiger charge is 2.15. The van der Waals surface area contributed by atoms with Gasteiger partial charge < -0.3 is 15.0 Å². The van der Waals surface area contributed by atoms with Crippen LogP contribution in [0.4, 0.5) is 5.69 Å². The van der Waals surface area contributed by atoms with Crippen molar-refractivity contribution in [3.63, 3.8) is 0 Å². The lowest BCUT2D eigenvalue weighted by Gasteiger charge is -2.12. The number of hydrogen-bond donors (Lipinski definition) is 1. The number of ether oxygens (including phenoxy) is 1. The standard InChI is InChI=1S/C19H19ClN2O3/c1-22(2)16-10-4-13(5-11-16)12-17(19(24)25-3)21-18(23)14-6-8-15(20)9-7-14/h4-12H,1-3H3,(H,21,23)/b17-12+. The van der Waals surface area contributed by atoms with Gasteiger partial charge in [0.15, 0.2) is 0 Å². The van der Waals surface area contributed by atoms with E-state index in [2.05, 4.69) is 5.32 Å². The van der Waals surface area contributed by atoms with Gasteiger partial charge in [0, 0.05) is 30.4 Å². The van der Waals surface area contributed by atoms with Crippen LogP contribution in [0.15, 0.2) is 54.2 Å². The number of carbonyl (C=O) groups is 2. The highest BCUT2D eigenvalue weighted by molar-refractivity contribution is 6.30. The molecule has 6 heteroatoms. The smallest absolute Gasteiger partial charge is 0.354 e. The maximum atomic E-state index is 12.3. The van der Waals surface area contributed by atoms with Crippen LogP contribution in [0.25, 0.3) is 6.08 Å². The molecule has 2 aromatic rings. The van der Waals surface area contributed by atoms with Crippen molar-refractivity contribution >= 4 is 35.2 Å².